The van der Waals surface area contributed by atoms with E-state index in [2.05, 4.69) is 15.4 Å². The van der Waals surface area contributed by atoms with Crippen molar-refractivity contribution in [2.24, 2.45) is 0 Å². The van der Waals surface area contributed by atoms with Crippen molar-refractivity contribution in [3.05, 3.63) is 89.4 Å². The van der Waals surface area contributed by atoms with E-state index in [1.165, 1.54) is 16.9 Å². The number of fused-ring (bicyclic) bond motifs is 1. The molecular formula is C23H19F3N4O. The zero-order chi connectivity index (χ0) is 22.2. The van der Waals surface area contributed by atoms with Crippen molar-refractivity contribution in [2.45, 2.75) is 26.1 Å². The lowest BCUT2D eigenvalue weighted by Crippen LogP contribution is -2.27. The highest BCUT2D eigenvalue weighted by Crippen LogP contribution is 2.29. The summed E-state index contributed by atoms with van der Waals surface area (Å²) in [4.78, 5) is 16.7. The summed E-state index contributed by atoms with van der Waals surface area (Å²) < 4.78 is 39.6. The van der Waals surface area contributed by atoms with Gasteiger partial charge in [-0.25, -0.2) is 9.67 Å². The molecule has 2 heterocycles. The number of carbonyl (C=O) groups excluding carboxylic acids is 1. The van der Waals surface area contributed by atoms with Crippen molar-refractivity contribution in [2.75, 3.05) is 0 Å². The van der Waals surface area contributed by atoms with Crippen LogP contribution in [0.1, 0.15) is 40.1 Å². The normalized spacial score (nSPS) is 12.7. The first kappa shape index (κ1) is 20.6. The average Bonchev–Trinajstić information content (AvgIpc) is 3.14. The van der Waals surface area contributed by atoms with Crippen LogP contribution in [-0.2, 0) is 6.18 Å². The zero-order valence-electron chi connectivity index (χ0n) is 16.8. The lowest BCUT2D eigenvalue weighted by Gasteiger charge is -2.16. The van der Waals surface area contributed by atoms with Crippen molar-refractivity contribution in [3.63, 3.8) is 0 Å². The Kier molecular flexibility index (Phi) is 5.22. The van der Waals surface area contributed by atoms with Crippen LogP contribution in [0.25, 0.3) is 16.6 Å². The average molecular weight is 424 g/mol. The van der Waals surface area contributed by atoms with Gasteiger partial charge in [0, 0.05) is 6.20 Å². The number of halogens is 3. The summed E-state index contributed by atoms with van der Waals surface area (Å²) in [6, 6.07) is 15.8. The lowest BCUT2D eigenvalue weighted by molar-refractivity contribution is -0.137. The van der Waals surface area contributed by atoms with Crippen LogP contribution >= 0.6 is 0 Å². The maximum absolute atomic E-state index is 12.9. The van der Waals surface area contributed by atoms with E-state index in [4.69, 9.17) is 0 Å². The fourth-order valence-electron chi connectivity index (χ4n) is 3.52. The van der Waals surface area contributed by atoms with Crippen LogP contribution in [0.2, 0.25) is 0 Å². The molecule has 0 aliphatic carbocycles. The first-order valence-corrected chi connectivity index (χ1v) is 9.62. The molecule has 8 heteroatoms. The van der Waals surface area contributed by atoms with Gasteiger partial charge < -0.3 is 5.32 Å². The van der Waals surface area contributed by atoms with Gasteiger partial charge in [-0.1, -0.05) is 42.5 Å². The predicted molar refractivity (Wildman–Crippen MR) is 111 cm³/mol. The molecule has 0 saturated carbocycles. The van der Waals surface area contributed by atoms with Gasteiger partial charge >= 0.3 is 6.18 Å². The first-order valence-electron chi connectivity index (χ1n) is 9.62. The minimum absolute atomic E-state index is 0.201. The standard InChI is InChI=1S/C23H19F3N4O/c1-14(18-9-5-7-16-6-3-4-8-19(16)18)29-22(31)20-13-28-30(15(20)2)21-11-10-17(12-27-21)23(24,25)26/h3-14H,1-2H3,(H,29,31). The molecule has 0 bridgehead atoms. The summed E-state index contributed by atoms with van der Waals surface area (Å²) in [6.07, 6.45) is -2.33. The number of aromatic nitrogens is 3. The molecule has 0 aliphatic heterocycles. The maximum atomic E-state index is 12.9. The van der Waals surface area contributed by atoms with Gasteiger partial charge in [-0.05, 0) is 42.3 Å². The molecule has 1 amide bonds. The third-order valence-corrected chi connectivity index (χ3v) is 5.18. The highest BCUT2D eigenvalue weighted by atomic mass is 19.4. The van der Waals surface area contributed by atoms with Gasteiger partial charge in [-0.2, -0.15) is 18.3 Å². The second-order valence-electron chi connectivity index (χ2n) is 7.22. The van der Waals surface area contributed by atoms with Crippen molar-refractivity contribution in [1.29, 1.82) is 0 Å². The molecule has 5 nitrogen and oxygen atoms in total. The van der Waals surface area contributed by atoms with Crippen LogP contribution in [0, 0.1) is 6.92 Å². The molecule has 1 unspecified atom stereocenters. The Morgan fingerprint density at radius 3 is 2.48 bits per heavy atom. The van der Waals surface area contributed by atoms with Gasteiger partial charge in [0.05, 0.1) is 29.1 Å². The summed E-state index contributed by atoms with van der Waals surface area (Å²) >= 11 is 0. The van der Waals surface area contributed by atoms with E-state index in [1.54, 1.807) is 6.92 Å². The van der Waals surface area contributed by atoms with Crippen LogP contribution in [0.5, 0.6) is 0 Å². The van der Waals surface area contributed by atoms with Crippen LogP contribution in [-0.4, -0.2) is 20.7 Å². The topological polar surface area (TPSA) is 59.8 Å². The van der Waals surface area contributed by atoms with Crippen molar-refractivity contribution >= 4 is 16.7 Å². The Labute approximate surface area is 176 Å². The third-order valence-electron chi connectivity index (χ3n) is 5.18. The number of hydrogen-bond acceptors (Lipinski definition) is 3. The Morgan fingerprint density at radius 1 is 1.03 bits per heavy atom. The molecular weight excluding hydrogens is 405 g/mol. The van der Waals surface area contributed by atoms with E-state index in [9.17, 15) is 18.0 Å². The molecule has 0 spiro atoms. The maximum Gasteiger partial charge on any atom is 0.417 e. The SMILES string of the molecule is Cc1c(C(=O)NC(C)c2cccc3ccccc23)cnn1-c1ccc(C(F)(F)F)cn1. The van der Waals surface area contributed by atoms with E-state index in [0.717, 1.165) is 28.6 Å². The second-order valence-corrected chi connectivity index (χ2v) is 7.22. The fourth-order valence-corrected chi connectivity index (χ4v) is 3.52. The molecule has 31 heavy (non-hydrogen) atoms. The predicted octanol–water partition coefficient (Wildman–Crippen LogP) is 5.24. The van der Waals surface area contributed by atoms with E-state index in [-0.39, 0.29) is 17.8 Å². The molecule has 0 radical (unpaired) electrons. The Hall–Kier alpha value is -3.68. The molecule has 158 valence electrons. The summed E-state index contributed by atoms with van der Waals surface area (Å²) in [7, 11) is 0. The minimum atomic E-state index is -4.46. The van der Waals surface area contributed by atoms with Crippen LogP contribution in [0.3, 0.4) is 0 Å². The smallest absolute Gasteiger partial charge is 0.345 e. The van der Waals surface area contributed by atoms with Gasteiger partial charge in [-0.15, -0.1) is 0 Å². The van der Waals surface area contributed by atoms with E-state index in [0.29, 0.717) is 11.3 Å². The number of amides is 1. The van der Waals surface area contributed by atoms with Gasteiger partial charge in [0.25, 0.3) is 5.91 Å². The Bertz CT molecular complexity index is 1240. The number of nitrogens with zero attached hydrogens (tertiary/aromatic N) is 3. The second kappa shape index (κ2) is 7.86. The summed E-state index contributed by atoms with van der Waals surface area (Å²) in [5.74, 6) is -0.122. The quantitative estimate of drug-likeness (QED) is 0.488. The first-order chi connectivity index (χ1) is 14.8. The van der Waals surface area contributed by atoms with Crippen molar-refractivity contribution in [3.8, 4) is 5.82 Å². The molecule has 4 rings (SSSR count). The van der Waals surface area contributed by atoms with E-state index in [1.807, 2.05) is 49.4 Å². The van der Waals surface area contributed by atoms with Crippen LogP contribution in [0.15, 0.2) is 67.0 Å². The Morgan fingerprint density at radius 2 is 1.77 bits per heavy atom. The van der Waals surface area contributed by atoms with Gasteiger partial charge in [0.2, 0.25) is 0 Å². The highest BCUT2D eigenvalue weighted by Gasteiger charge is 2.31. The molecule has 0 fully saturated rings. The molecule has 2 aromatic carbocycles. The van der Waals surface area contributed by atoms with Gasteiger partial charge in [0.1, 0.15) is 0 Å². The number of nitrogens with one attached hydrogen (secondary N) is 1. The molecule has 1 N–H and O–H groups in total. The van der Waals surface area contributed by atoms with Crippen molar-refractivity contribution in [1.82, 2.24) is 20.1 Å². The van der Waals surface area contributed by atoms with Crippen molar-refractivity contribution < 1.29 is 18.0 Å². The number of rotatable bonds is 4. The monoisotopic (exact) mass is 424 g/mol. The fraction of sp³-hybridized carbons (Fsp3) is 0.174. The van der Waals surface area contributed by atoms with Gasteiger partial charge in [0.15, 0.2) is 5.82 Å². The molecule has 2 aromatic heterocycles. The molecule has 0 saturated heterocycles. The molecule has 0 aliphatic rings. The number of pyridine rings is 1. The number of hydrogen-bond donors (Lipinski definition) is 1. The highest BCUT2D eigenvalue weighted by molar-refractivity contribution is 5.96. The summed E-state index contributed by atoms with van der Waals surface area (Å²) in [5.41, 5.74) is 0.951. The number of alkyl halides is 3. The molecule has 4 aromatic rings. The Balaban J connectivity index is 1.57. The van der Waals surface area contributed by atoms with E-state index < -0.39 is 11.7 Å². The lowest BCUT2D eigenvalue weighted by atomic mass is 9.99. The minimum Gasteiger partial charge on any atom is -0.345 e. The summed E-state index contributed by atoms with van der Waals surface area (Å²) in [6.45, 7) is 3.57. The largest absolute Gasteiger partial charge is 0.417 e. The van der Waals surface area contributed by atoms with Gasteiger partial charge in [-0.3, -0.25) is 4.79 Å². The number of benzene rings is 2. The van der Waals surface area contributed by atoms with Crippen LogP contribution in [0.4, 0.5) is 13.2 Å². The van der Waals surface area contributed by atoms with Crippen LogP contribution < -0.4 is 5.32 Å². The third kappa shape index (κ3) is 4.01. The summed E-state index contributed by atoms with van der Waals surface area (Å²) in [5, 5.41) is 9.26. The zero-order valence-corrected chi connectivity index (χ0v) is 16.8. The molecule has 1 atom stereocenters. The number of carbonyl (C=O) groups is 1. The van der Waals surface area contributed by atoms with E-state index >= 15 is 0 Å².